The molecule has 6 heteroatoms. The van der Waals surface area contributed by atoms with E-state index in [0.29, 0.717) is 20.2 Å². The quantitative estimate of drug-likeness (QED) is 0.774. The molecule has 1 unspecified atom stereocenters. The molecule has 1 N–H and O–H groups in total. The first-order chi connectivity index (χ1) is 8.63. The summed E-state index contributed by atoms with van der Waals surface area (Å²) in [7, 11) is 0. The van der Waals surface area contributed by atoms with Crippen LogP contribution in [0.5, 0.6) is 5.75 Å². The maximum Gasteiger partial charge on any atom is 0.143 e. The van der Waals surface area contributed by atoms with Crippen molar-refractivity contribution < 1.29 is 4.74 Å². The second-order valence-corrected chi connectivity index (χ2v) is 6.63. The molecule has 1 atom stereocenters. The number of hydrogen-bond donors (Lipinski definition) is 1. The van der Waals surface area contributed by atoms with Gasteiger partial charge in [0.25, 0.3) is 0 Å². The molecule has 3 rings (SSSR count). The van der Waals surface area contributed by atoms with E-state index in [0.717, 1.165) is 17.0 Å². The number of thiophene rings is 1. The minimum absolute atomic E-state index is 0.130. The number of halogens is 3. The van der Waals surface area contributed by atoms with Crippen LogP contribution in [0.4, 0.5) is 5.69 Å². The van der Waals surface area contributed by atoms with E-state index in [4.69, 9.17) is 39.5 Å². The summed E-state index contributed by atoms with van der Waals surface area (Å²) in [5, 5.41) is 3.96. The second kappa shape index (κ2) is 4.82. The van der Waals surface area contributed by atoms with Crippen LogP contribution in [-0.4, -0.2) is 6.54 Å². The lowest BCUT2D eigenvalue weighted by atomic mass is 10.1. The standard InChI is InChI=1S/C12H8Cl3NOS/c13-6-1-2-9-8(3-6)16-5-10(17-9)7-4-11(14)18-12(7)15/h1-4,10,16H,5H2. The Morgan fingerprint density at radius 1 is 1.22 bits per heavy atom. The largest absolute Gasteiger partial charge is 0.482 e. The molecule has 18 heavy (non-hydrogen) atoms. The predicted octanol–water partition coefficient (Wildman–Crippen LogP) is 5.25. The van der Waals surface area contributed by atoms with Gasteiger partial charge < -0.3 is 10.1 Å². The minimum Gasteiger partial charge on any atom is -0.482 e. The molecule has 0 amide bonds. The Morgan fingerprint density at radius 2 is 2.06 bits per heavy atom. The van der Waals surface area contributed by atoms with Crippen molar-refractivity contribution in [1.82, 2.24) is 0 Å². The van der Waals surface area contributed by atoms with Crippen LogP contribution in [0.25, 0.3) is 0 Å². The highest BCUT2D eigenvalue weighted by Crippen LogP contribution is 2.41. The van der Waals surface area contributed by atoms with Gasteiger partial charge in [-0.2, -0.15) is 0 Å². The average molecular weight is 321 g/mol. The summed E-state index contributed by atoms with van der Waals surface area (Å²) in [4.78, 5) is 0. The molecule has 1 aromatic heterocycles. The van der Waals surface area contributed by atoms with Gasteiger partial charge in [0.15, 0.2) is 0 Å². The molecular weight excluding hydrogens is 313 g/mol. The van der Waals surface area contributed by atoms with Crippen LogP contribution in [-0.2, 0) is 0 Å². The monoisotopic (exact) mass is 319 g/mol. The molecule has 0 radical (unpaired) electrons. The minimum atomic E-state index is -0.130. The van der Waals surface area contributed by atoms with Crippen LogP contribution in [0.3, 0.4) is 0 Å². The molecule has 0 bridgehead atoms. The van der Waals surface area contributed by atoms with Gasteiger partial charge in [-0.15, -0.1) is 11.3 Å². The highest BCUT2D eigenvalue weighted by Gasteiger charge is 2.24. The topological polar surface area (TPSA) is 21.3 Å². The van der Waals surface area contributed by atoms with Gasteiger partial charge >= 0.3 is 0 Å². The number of benzene rings is 1. The lowest BCUT2D eigenvalue weighted by Gasteiger charge is -2.27. The van der Waals surface area contributed by atoms with Crippen LogP contribution in [0.1, 0.15) is 11.7 Å². The third-order valence-electron chi connectivity index (χ3n) is 2.72. The molecule has 0 spiro atoms. The maximum atomic E-state index is 6.14. The number of ether oxygens (including phenoxy) is 1. The zero-order valence-electron chi connectivity index (χ0n) is 9.04. The van der Waals surface area contributed by atoms with Crippen LogP contribution in [0.15, 0.2) is 24.3 Å². The Labute approximate surface area is 123 Å². The van der Waals surface area contributed by atoms with E-state index in [1.54, 1.807) is 6.07 Å². The molecule has 0 fully saturated rings. The number of hydrogen-bond acceptors (Lipinski definition) is 3. The molecule has 0 saturated carbocycles. The van der Waals surface area contributed by atoms with Gasteiger partial charge in [-0.3, -0.25) is 0 Å². The summed E-state index contributed by atoms with van der Waals surface area (Å²) >= 11 is 19.4. The van der Waals surface area contributed by atoms with Gasteiger partial charge in [0.1, 0.15) is 16.2 Å². The predicted molar refractivity (Wildman–Crippen MR) is 77.6 cm³/mol. The van der Waals surface area contributed by atoms with E-state index in [-0.39, 0.29) is 6.10 Å². The number of anilines is 1. The lowest BCUT2D eigenvalue weighted by molar-refractivity contribution is 0.211. The first-order valence-electron chi connectivity index (χ1n) is 5.28. The zero-order chi connectivity index (χ0) is 12.7. The van der Waals surface area contributed by atoms with Gasteiger partial charge in [-0.25, -0.2) is 0 Å². The number of rotatable bonds is 1. The molecule has 0 saturated heterocycles. The van der Waals surface area contributed by atoms with Gasteiger partial charge in [-0.05, 0) is 24.3 Å². The number of fused-ring (bicyclic) bond motifs is 1. The normalized spacial score (nSPS) is 17.8. The van der Waals surface area contributed by atoms with Crippen LogP contribution in [0, 0.1) is 0 Å². The smallest absolute Gasteiger partial charge is 0.143 e. The molecule has 2 heterocycles. The summed E-state index contributed by atoms with van der Waals surface area (Å²) in [6, 6.07) is 7.34. The summed E-state index contributed by atoms with van der Waals surface area (Å²) in [6.45, 7) is 0.639. The SMILES string of the molecule is Clc1ccc2c(c1)NCC(c1cc(Cl)sc1Cl)O2. The van der Waals surface area contributed by atoms with E-state index in [1.165, 1.54) is 11.3 Å². The van der Waals surface area contributed by atoms with Crippen molar-refractivity contribution in [3.05, 3.63) is 43.5 Å². The van der Waals surface area contributed by atoms with E-state index >= 15 is 0 Å². The van der Waals surface area contributed by atoms with Crippen LogP contribution < -0.4 is 10.1 Å². The molecule has 1 aliphatic heterocycles. The van der Waals surface area contributed by atoms with Crippen molar-refractivity contribution in [3.63, 3.8) is 0 Å². The Hall–Kier alpha value is -0.610. The molecule has 1 aliphatic rings. The summed E-state index contributed by atoms with van der Waals surface area (Å²) in [5.74, 6) is 0.772. The third-order valence-corrected chi connectivity index (χ3v) is 4.47. The van der Waals surface area contributed by atoms with Gasteiger partial charge in [0.2, 0.25) is 0 Å². The van der Waals surface area contributed by atoms with Gasteiger partial charge in [0, 0.05) is 10.6 Å². The highest BCUT2D eigenvalue weighted by atomic mass is 35.5. The van der Waals surface area contributed by atoms with E-state index in [9.17, 15) is 0 Å². The summed E-state index contributed by atoms with van der Waals surface area (Å²) < 4.78 is 7.25. The van der Waals surface area contributed by atoms with Crippen molar-refractivity contribution in [3.8, 4) is 5.75 Å². The fraction of sp³-hybridized carbons (Fsp3) is 0.167. The van der Waals surface area contributed by atoms with Crippen molar-refractivity contribution in [1.29, 1.82) is 0 Å². The first kappa shape index (κ1) is 12.4. The average Bonchev–Trinajstić information content (AvgIpc) is 2.68. The van der Waals surface area contributed by atoms with Crippen molar-refractivity contribution in [2.24, 2.45) is 0 Å². The van der Waals surface area contributed by atoms with Crippen molar-refractivity contribution >= 4 is 51.8 Å². The summed E-state index contributed by atoms with van der Waals surface area (Å²) in [6.07, 6.45) is -0.130. The molecule has 1 aromatic carbocycles. The van der Waals surface area contributed by atoms with E-state index < -0.39 is 0 Å². The Morgan fingerprint density at radius 3 is 2.78 bits per heavy atom. The fourth-order valence-electron chi connectivity index (χ4n) is 1.89. The lowest BCUT2D eigenvalue weighted by Crippen LogP contribution is -2.23. The number of nitrogens with one attached hydrogen (secondary N) is 1. The third kappa shape index (κ3) is 2.28. The highest BCUT2D eigenvalue weighted by molar-refractivity contribution is 7.20. The van der Waals surface area contributed by atoms with Gasteiger partial charge in [-0.1, -0.05) is 34.8 Å². The molecule has 2 aromatic rings. The van der Waals surface area contributed by atoms with E-state index in [2.05, 4.69) is 5.32 Å². The molecule has 0 aliphatic carbocycles. The van der Waals surface area contributed by atoms with Crippen LogP contribution >= 0.6 is 46.1 Å². The van der Waals surface area contributed by atoms with Crippen LogP contribution in [0.2, 0.25) is 13.7 Å². The second-order valence-electron chi connectivity index (χ2n) is 3.91. The summed E-state index contributed by atoms with van der Waals surface area (Å²) in [5.41, 5.74) is 1.82. The molecule has 2 nitrogen and oxygen atoms in total. The first-order valence-corrected chi connectivity index (χ1v) is 7.23. The molecule has 94 valence electrons. The van der Waals surface area contributed by atoms with E-state index in [1.807, 2.05) is 18.2 Å². The Kier molecular flexibility index (Phi) is 3.32. The van der Waals surface area contributed by atoms with Crippen molar-refractivity contribution in [2.45, 2.75) is 6.10 Å². The zero-order valence-corrected chi connectivity index (χ0v) is 12.1. The molecular formula is C12H8Cl3NOS. The fourth-order valence-corrected chi connectivity index (χ4v) is 3.62. The Balaban J connectivity index is 1.91. The maximum absolute atomic E-state index is 6.14. The van der Waals surface area contributed by atoms with Crippen molar-refractivity contribution in [2.75, 3.05) is 11.9 Å². The van der Waals surface area contributed by atoms with Gasteiger partial charge in [0.05, 0.1) is 16.6 Å². The Bertz CT molecular complexity index is 599.